The number of carbonyl (C=O) groups is 1. The lowest BCUT2D eigenvalue weighted by molar-refractivity contribution is -0.123. The SMILES string of the molecule is CC(C)(C)c1noc(CCCC(=O)NC2(CN)CCCC2)n1. The van der Waals surface area contributed by atoms with E-state index in [-0.39, 0.29) is 16.9 Å². The van der Waals surface area contributed by atoms with Crippen molar-refractivity contribution >= 4 is 5.91 Å². The molecule has 1 aliphatic carbocycles. The molecule has 1 aliphatic rings. The number of aryl methyl sites for hydroxylation is 1. The number of nitrogens with one attached hydrogen (secondary N) is 1. The van der Waals surface area contributed by atoms with E-state index in [9.17, 15) is 4.79 Å². The molecule has 1 aromatic heterocycles. The fourth-order valence-corrected chi connectivity index (χ4v) is 2.85. The maximum absolute atomic E-state index is 12.1. The minimum absolute atomic E-state index is 0.0721. The second-order valence-corrected chi connectivity index (χ2v) is 7.36. The molecule has 6 nitrogen and oxygen atoms in total. The third-order valence-corrected chi connectivity index (χ3v) is 4.29. The van der Waals surface area contributed by atoms with E-state index in [0.717, 1.165) is 25.7 Å². The predicted octanol–water partition coefficient (Wildman–Crippen LogP) is 2.08. The van der Waals surface area contributed by atoms with Gasteiger partial charge in [0.1, 0.15) is 0 Å². The monoisotopic (exact) mass is 308 g/mol. The second kappa shape index (κ2) is 6.77. The lowest BCUT2D eigenvalue weighted by Gasteiger charge is -2.28. The molecule has 2 rings (SSSR count). The number of aromatic nitrogens is 2. The molecular weight excluding hydrogens is 280 g/mol. The van der Waals surface area contributed by atoms with Crippen molar-refractivity contribution in [2.45, 2.75) is 76.7 Å². The highest BCUT2D eigenvalue weighted by molar-refractivity contribution is 5.76. The third-order valence-electron chi connectivity index (χ3n) is 4.29. The lowest BCUT2D eigenvalue weighted by Crippen LogP contribution is -2.51. The Kier molecular flexibility index (Phi) is 5.21. The van der Waals surface area contributed by atoms with Crippen LogP contribution in [-0.4, -0.2) is 28.1 Å². The Hall–Kier alpha value is -1.43. The zero-order valence-electron chi connectivity index (χ0n) is 13.9. The average molecular weight is 308 g/mol. The molecule has 0 bridgehead atoms. The van der Waals surface area contributed by atoms with Gasteiger partial charge in [0, 0.05) is 24.8 Å². The van der Waals surface area contributed by atoms with Crippen molar-refractivity contribution in [3.8, 4) is 0 Å². The second-order valence-electron chi connectivity index (χ2n) is 7.36. The number of hydrogen-bond acceptors (Lipinski definition) is 5. The van der Waals surface area contributed by atoms with Crippen molar-refractivity contribution in [2.75, 3.05) is 6.54 Å². The van der Waals surface area contributed by atoms with Crippen LogP contribution in [0.25, 0.3) is 0 Å². The number of hydrogen-bond donors (Lipinski definition) is 2. The summed E-state index contributed by atoms with van der Waals surface area (Å²) in [7, 11) is 0. The van der Waals surface area contributed by atoms with E-state index in [0.29, 0.717) is 37.5 Å². The van der Waals surface area contributed by atoms with Crippen LogP contribution in [0, 0.1) is 0 Å². The number of carbonyl (C=O) groups excluding carboxylic acids is 1. The van der Waals surface area contributed by atoms with Gasteiger partial charge in [0.05, 0.1) is 5.54 Å². The minimum Gasteiger partial charge on any atom is -0.349 e. The molecule has 0 spiro atoms. The zero-order valence-corrected chi connectivity index (χ0v) is 13.9. The first-order chi connectivity index (χ1) is 10.3. The summed E-state index contributed by atoms with van der Waals surface area (Å²) in [5.74, 6) is 1.38. The van der Waals surface area contributed by atoms with Crippen molar-refractivity contribution in [1.29, 1.82) is 0 Å². The summed E-state index contributed by atoms with van der Waals surface area (Å²) in [5.41, 5.74) is 5.55. The van der Waals surface area contributed by atoms with Gasteiger partial charge in [0.15, 0.2) is 5.82 Å². The third kappa shape index (κ3) is 4.29. The average Bonchev–Trinajstić information content (AvgIpc) is 3.08. The van der Waals surface area contributed by atoms with Crippen molar-refractivity contribution < 1.29 is 9.32 Å². The quantitative estimate of drug-likeness (QED) is 0.839. The van der Waals surface area contributed by atoms with E-state index in [1.54, 1.807) is 0 Å². The van der Waals surface area contributed by atoms with Gasteiger partial charge in [-0.25, -0.2) is 0 Å². The summed E-state index contributed by atoms with van der Waals surface area (Å²) in [4.78, 5) is 16.5. The molecule has 1 saturated carbocycles. The van der Waals surface area contributed by atoms with E-state index < -0.39 is 0 Å². The molecule has 124 valence electrons. The fraction of sp³-hybridized carbons (Fsp3) is 0.812. The van der Waals surface area contributed by atoms with Gasteiger partial charge in [0.2, 0.25) is 11.8 Å². The van der Waals surface area contributed by atoms with Gasteiger partial charge in [-0.05, 0) is 19.3 Å². The minimum atomic E-state index is -0.166. The van der Waals surface area contributed by atoms with Crippen LogP contribution in [0.2, 0.25) is 0 Å². The first-order valence-electron chi connectivity index (χ1n) is 8.19. The molecule has 6 heteroatoms. The van der Waals surface area contributed by atoms with Gasteiger partial charge in [-0.2, -0.15) is 4.98 Å². The van der Waals surface area contributed by atoms with Crippen LogP contribution >= 0.6 is 0 Å². The Morgan fingerprint density at radius 1 is 1.36 bits per heavy atom. The van der Waals surface area contributed by atoms with Gasteiger partial charge in [-0.15, -0.1) is 0 Å². The van der Waals surface area contributed by atoms with Crippen LogP contribution in [0.3, 0.4) is 0 Å². The summed E-state index contributed by atoms with van der Waals surface area (Å²) in [5, 5.41) is 7.12. The highest BCUT2D eigenvalue weighted by Gasteiger charge is 2.33. The Morgan fingerprint density at radius 3 is 2.59 bits per heavy atom. The van der Waals surface area contributed by atoms with Crippen LogP contribution in [-0.2, 0) is 16.6 Å². The fourth-order valence-electron chi connectivity index (χ4n) is 2.85. The Labute approximate surface area is 132 Å². The van der Waals surface area contributed by atoms with E-state index in [4.69, 9.17) is 10.3 Å². The summed E-state index contributed by atoms with van der Waals surface area (Å²) in [6.45, 7) is 6.66. The molecule has 1 amide bonds. The lowest BCUT2D eigenvalue weighted by atomic mass is 9.96. The molecule has 3 N–H and O–H groups in total. The van der Waals surface area contributed by atoms with Crippen LogP contribution in [0.4, 0.5) is 0 Å². The van der Waals surface area contributed by atoms with Gasteiger partial charge >= 0.3 is 0 Å². The van der Waals surface area contributed by atoms with E-state index in [2.05, 4.69) is 15.5 Å². The molecule has 0 radical (unpaired) electrons. The maximum Gasteiger partial charge on any atom is 0.226 e. The van der Waals surface area contributed by atoms with Crippen LogP contribution in [0.1, 0.15) is 71.0 Å². The van der Waals surface area contributed by atoms with E-state index >= 15 is 0 Å². The van der Waals surface area contributed by atoms with Gasteiger partial charge in [0.25, 0.3) is 0 Å². The van der Waals surface area contributed by atoms with Crippen LogP contribution < -0.4 is 11.1 Å². The van der Waals surface area contributed by atoms with Crippen molar-refractivity contribution in [1.82, 2.24) is 15.5 Å². The number of nitrogens with zero attached hydrogens (tertiary/aromatic N) is 2. The van der Waals surface area contributed by atoms with E-state index in [1.807, 2.05) is 20.8 Å². The molecule has 0 aliphatic heterocycles. The maximum atomic E-state index is 12.1. The van der Waals surface area contributed by atoms with Crippen molar-refractivity contribution in [3.05, 3.63) is 11.7 Å². The summed E-state index contributed by atoms with van der Waals surface area (Å²) in [6, 6.07) is 0. The van der Waals surface area contributed by atoms with Crippen LogP contribution in [0.15, 0.2) is 4.52 Å². The Bertz CT molecular complexity index is 498. The molecule has 0 unspecified atom stereocenters. The van der Waals surface area contributed by atoms with Gasteiger partial charge in [-0.3, -0.25) is 4.79 Å². The molecule has 0 saturated heterocycles. The molecule has 0 atom stereocenters. The Balaban J connectivity index is 1.76. The molecular formula is C16H28N4O2. The summed E-state index contributed by atoms with van der Waals surface area (Å²) in [6.07, 6.45) is 6.09. The predicted molar refractivity (Wildman–Crippen MR) is 84.3 cm³/mol. The van der Waals surface area contributed by atoms with E-state index in [1.165, 1.54) is 0 Å². The molecule has 0 aromatic carbocycles. The first-order valence-corrected chi connectivity index (χ1v) is 8.19. The normalized spacial score (nSPS) is 17.6. The highest BCUT2D eigenvalue weighted by Crippen LogP contribution is 2.28. The number of rotatable bonds is 6. The molecule has 1 aromatic rings. The Morgan fingerprint density at radius 2 is 2.05 bits per heavy atom. The number of amides is 1. The smallest absolute Gasteiger partial charge is 0.226 e. The van der Waals surface area contributed by atoms with Crippen molar-refractivity contribution in [3.63, 3.8) is 0 Å². The standard InChI is InChI=1S/C16H28N4O2/c1-15(2,3)14-18-13(22-20-14)8-6-7-12(21)19-16(11-17)9-4-5-10-16/h4-11,17H2,1-3H3,(H,19,21). The molecule has 1 heterocycles. The molecule has 22 heavy (non-hydrogen) atoms. The first kappa shape index (κ1) is 16.9. The molecule has 1 fully saturated rings. The number of nitrogens with two attached hydrogens (primary N) is 1. The summed E-state index contributed by atoms with van der Waals surface area (Å²) < 4.78 is 5.23. The topological polar surface area (TPSA) is 94.0 Å². The highest BCUT2D eigenvalue weighted by atomic mass is 16.5. The summed E-state index contributed by atoms with van der Waals surface area (Å²) >= 11 is 0. The van der Waals surface area contributed by atoms with Crippen LogP contribution in [0.5, 0.6) is 0 Å². The van der Waals surface area contributed by atoms with Crippen molar-refractivity contribution in [2.24, 2.45) is 5.73 Å². The van der Waals surface area contributed by atoms with Gasteiger partial charge < -0.3 is 15.6 Å². The van der Waals surface area contributed by atoms with Gasteiger partial charge in [-0.1, -0.05) is 38.8 Å². The largest absolute Gasteiger partial charge is 0.349 e. The zero-order chi connectivity index (χ0) is 16.2.